The van der Waals surface area contributed by atoms with Crippen LogP contribution in [0.15, 0.2) is 218 Å². The van der Waals surface area contributed by atoms with Crippen molar-refractivity contribution >= 4 is 32.9 Å². The summed E-state index contributed by atoms with van der Waals surface area (Å²) in [5.74, 6) is 0. The molecule has 264 valence electrons. The predicted octanol–water partition coefficient (Wildman–Crippen LogP) is 13.8. The topological polar surface area (TPSA) is 24.9 Å². The quantitative estimate of drug-likeness (QED) is 0.166. The van der Waals surface area contributed by atoms with Crippen LogP contribution < -0.4 is 5.32 Å². The lowest BCUT2D eigenvalue weighted by Crippen LogP contribution is -2.21. The maximum absolute atomic E-state index is 5.18. The first-order valence-electron chi connectivity index (χ1n) is 19.2. The molecule has 0 saturated carbocycles. The lowest BCUT2D eigenvalue weighted by molar-refractivity contribution is 0.767. The van der Waals surface area contributed by atoms with E-state index in [2.05, 4.69) is 218 Å². The fourth-order valence-corrected chi connectivity index (χ4v) is 8.02. The van der Waals surface area contributed by atoms with Crippen molar-refractivity contribution in [3.05, 3.63) is 235 Å². The molecule has 1 aliphatic heterocycles. The maximum atomic E-state index is 5.18. The molecule has 1 atom stereocenters. The number of rotatable bonds is 7. The zero-order valence-electron chi connectivity index (χ0n) is 30.8. The Balaban J connectivity index is 1.04. The second-order valence-corrected chi connectivity index (χ2v) is 14.4. The smallest absolute Gasteiger partial charge is 0.0722 e. The molecule has 1 aliphatic rings. The minimum absolute atomic E-state index is 0.0347. The van der Waals surface area contributed by atoms with Gasteiger partial charge < -0.3 is 5.32 Å². The van der Waals surface area contributed by atoms with E-state index in [9.17, 15) is 0 Å². The third-order valence-corrected chi connectivity index (χ3v) is 10.9. The van der Waals surface area contributed by atoms with Crippen LogP contribution in [-0.4, -0.2) is 4.98 Å². The fourth-order valence-electron chi connectivity index (χ4n) is 8.02. The van der Waals surface area contributed by atoms with E-state index < -0.39 is 0 Å². The number of nitrogens with one attached hydrogen (secondary N) is 1. The summed E-state index contributed by atoms with van der Waals surface area (Å²) in [4.78, 5) is 5.18. The van der Waals surface area contributed by atoms with E-state index in [4.69, 9.17) is 4.98 Å². The largest absolute Gasteiger partial charge is 0.374 e. The van der Waals surface area contributed by atoms with Crippen LogP contribution in [0.25, 0.3) is 77.6 Å². The number of fused-ring (bicyclic) bond motifs is 3. The molecule has 1 N–H and O–H groups in total. The first-order valence-corrected chi connectivity index (χ1v) is 19.2. The highest BCUT2D eigenvalue weighted by atomic mass is 14.9. The Labute approximate surface area is 327 Å². The van der Waals surface area contributed by atoms with Gasteiger partial charge in [0.2, 0.25) is 0 Å². The first-order chi connectivity index (χ1) is 27.7. The number of hydrogen-bond donors (Lipinski definition) is 1. The van der Waals surface area contributed by atoms with Crippen LogP contribution in [0.1, 0.15) is 22.7 Å². The van der Waals surface area contributed by atoms with Crippen LogP contribution in [-0.2, 0) is 0 Å². The zero-order chi connectivity index (χ0) is 37.3. The van der Waals surface area contributed by atoms with Crippen LogP contribution in [0.3, 0.4) is 0 Å². The van der Waals surface area contributed by atoms with Gasteiger partial charge in [-0.15, -0.1) is 0 Å². The van der Waals surface area contributed by atoms with Crippen molar-refractivity contribution in [3.8, 4) is 44.6 Å². The summed E-state index contributed by atoms with van der Waals surface area (Å²) in [5.41, 5.74) is 16.1. The molecule has 10 rings (SSSR count). The number of nitrogens with zero attached hydrogens (tertiary/aromatic N) is 1. The number of dihydropyridines is 1. The molecule has 0 radical (unpaired) electrons. The van der Waals surface area contributed by atoms with E-state index in [0.29, 0.717) is 0 Å². The molecule has 0 aliphatic carbocycles. The summed E-state index contributed by atoms with van der Waals surface area (Å²) < 4.78 is 0. The van der Waals surface area contributed by atoms with Gasteiger partial charge in [-0.05, 0) is 103 Å². The highest BCUT2D eigenvalue weighted by Crippen LogP contribution is 2.39. The Morgan fingerprint density at radius 1 is 0.411 bits per heavy atom. The van der Waals surface area contributed by atoms with Crippen molar-refractivity contribution in [2.45, 2.75) is 6.04 Å². The van der Waals surface area contributed by atoms with Gasteiger partial charge in [0.05, 0.1) is 17.3 Å². The van der Waals surface area contributed by atoms with Crippen LogP contribution in [0.5, 0.6) is 0 Å². The molecule has 2 heterocycles. The van der Waals surface area contributed by atoms with Crippen molar-refractivity contribution in [1.82, 2.24) is 10.3 Å². The van der Waals surface area contributed by atoms with Gasteiger partial charge in [-0.2, -0.15) is 0 Å². The van der Waals surface area contributed by atoms with Crippen molar-refractivity contribution < 1.29 is 0 Å². The van der Waals surface area contributed by atoms with Crippen molar-refractivity contribution in [2.75, 3.05) is 0 Å². The van der Waals surface area contributed by atoms with E-state index >= 15 is 0 Å². The molecule has 1 unspecified atom stereocenters. The lowest BCUT2D eigenvalue weighted by atomic mass is 9.90. The summed E-state index contributed by atoms with van der Waals surface area (Å²) in [6.45, 7) is 0. The highest BCUT2D eigenvalue weighted by Gasteiger charge is 2.19. The van der Waals surface area contributed by atoms with Gasteiger partial charge in [0, 0.05) is 16.6 Å². The fraction of sp³-hybridized carbons (Fsp3) is 0.0185. The minimum atomic E-state index is 0.0347. The van der Waals surface area contributed by atoms with E-state index in [0.717, 1.165) is 28.0 Å². The summed E-state index contributed by atoms with van der Waals surface area (Å²) in [7, 11) is 0. The third kappa shape index (κ3) is 6.48. The van der Waals surface area contributed by atoms with Crippen LogP contribution in [0.2, 0.25) is 0 Å². The molecular weight excluding hydrogens is 677 g/mol. The Kier molecular flexibility index (Phi) is 8.62. The van der Waals surface area contributed by atoms with Gasteiger partial charge in [-0.3, -0.25) is 0 Å². The van der Waals surface area contributed by atoms with Gasteiger partial charge in [0.15, 0.2) is 0 Å². The molecule has 2 heteroatoms. The second kappa shape index (κ2) is 14.5. The Bertz CT molecular complexity index is 2890. The lowest BCUT2D eigenvalue weighted by Gasteiger charge is -2.26. The second-order valence-electron chi connectivity index (χ2n) is 14.4. The molecule has 9 aromatic rings. The number of allylic oxidation sites excluding steroid dienone is 2. The average molecular weight is 715 g/mol. The van der Waals surface area contributed by atoms with Crippen molar-refractivity contribution in [3.63, 3.8) is 0 Å². The number of benzene rings is 8. The normalized spacial score (nSPS) is 13.9. The standard InChI is InChI=1S/C54H38N2/c1-5-14-37(15-6-1)38-24-26-42(27-25-38)52-35-47(34-51(56-52)40-18-9-3-10-19-40)44-23-13-22-43(32-44)45-28-30-48-46(33-45)29-31-50-54(48)49(39-16-7-2-8-17-39)36-53(55-50)41-20-11-4-12-21-41/h1-36,51,56H. The SMILES string of the molecule is C1=C(c2cccc(-c3ccc4c(ccc5nc(-c6ccccc6)cc(-c6ccccc6)c54)c3)c2)C=C(c2ccc(-c3ccccc3)cc2)NC1c1ccccc1. The Hall–Kier alpha value is -7.29. The van der Waals surface area contributed by atoms with Gasteiger partial charge in [0.1, 0.15) is 0 Å². The molecule has 0 saturated heterocycles. The molecule has 0 fully saturated rings. The average Bonchev–Trinajstić information content (AvgIpc) is 3.29. The maximum Gasteiger partial charge on any atom is 0.0722 e. The first kappa shape index (κ1) is 33.3. The highest BCUT2D eigenvalue weighted by molar-refractivity contribution is 6.14. The number of aromatic nitrogens is 1. The molecule has 2 nitrogen and oxygen atoms in total. The van der Waals surface area contributed by atoms with Crippen LogP contribution in [0.4, 0.5) is 0 Å². The van der Waals surface area contributed by atoms with Gasteiger partial charge >= 0.3 is 0 Å². The molecule has 8 aromatic carbocycles. The summed E-state index contributed by atoms with van der Waals surface area (Å²) in [6, 6.07) is 73.8. The number of pyridine rings is 1. The molecule has 1 aromatic heterocycles. The van der Waals surface area contributed by atoms with E-state index in [1.165, 1.54) is 66.2 Å². The van der Waals surface area contributed by atoms with Crippen LogP contribution in [0, 0.1) is 0 Å². The van der Waals surface area contributed by atoms with Gasteiger partial charge in [0.25, 0.3) is 0 Å². The Morgan fingerprint density at radius 2 is 0.982 bits per heavy atom. The summed E-state index contributed by atoms with van der Waals surface area (Å²) in [6.07, 6.45) is 4.65. The van der Waals surface area contributed by atoms with Gasteiger partial charge in [-0.25, -0.2) is 4.98 Å². The van der Waals surface area contributed by atoms with Crippen molar-refractivity contribution in [2.24, 2.45) is 0 Å². The molecule has 56 heavy (non-hydrogen) atoms. The summed E-state index contributed by atoms with van der Waals surface area (Å²) >= 11 is 0. The van der Waals surface area contributed by atoms with Crippen molar-refractivity contribution in [1.29, 1.82) is 0 Å². The number of hydrogen-bond acceptors (Lipinski definition) is 2. The zero-order valence-corrected chi connectivity index (χ0v) is 30.8. The Morgan fingerprint density at radius 3 is 1.71 bits per heavy atom. The summed E-state index contributed by atoms with van der Waals surface area (Å²) in [5, 5.41) is 7.40. The molecule has 0 bridgehead atoms. The van der Waals surface area contributed by atoms with E-state index in [-0.39, 0.29) is 6.04 Å². The molecule has 0 amide bonds. The van der Waals surface area contributed by atoms with Crippen LogP contribution >= 0.6 is 0 Å². The monoisotopic (exact) mass is 714 g/mol. The van der Waals surface area contributed by atoms with E-state index in [1.807, 2.05) is 6.07 Å². The minimum Gasteiger partial charge on any atom is -0.374 e. The third-order valence-electron chi connectivity index (χ3n) is 10.9. The van der Waals surface area contributed by atoms with E-state index in [1.54, 1.807) is 0 Å². The predicted molar refractivity (Wildman–Crippen MR) is 236 cm³/mol. The van der Waals surface area contributed by atoms with Gasteiger partial charge in [-0.1, -0.05) is 182 Å². The molecular formula is C54H38N2. The molecule has 0 spiro atoms.